The first-order valence-electron chi connectivity index (χ1n) is 4.88. The molecular weight excluding hydrogens is 226 g/mol. The number of halogens is 1. The molecule has 2 aromatic heterocycles. The second-order valence-corrected chi connectivity index (χ2v) is 3.97. The highest BCUT2D eigenvalue weighted by atomic mass is 35.5. The first-order valence-corrected chi connectivity index (χ1v) is 5.26. The lowest BCUT2D eigenvalue weighted by Gasteiger charge is -2.17. The van der Waals surface area contributed by atoms with Gasteiger partial charge in [-0.15, -0.1) is 0 Å². The summed E-state index contributed by atoms with van der Waals surface area (Å²) >= 11 is 5.88. The topological polar surface area (TPSA) is 42.2 Å². The highest BCUT2D eigenvalue weighted by molar-refractivity contribution is 6.29. The molecule has 0 aliphatic carbocycles. The zero-order chi connectivity index (χ0) is 11.5. The lowest BCUT2D eigenvalue weighted by atomic mass is 10.3. The van der Waals surface area contributed by atoms with Crippen LogP contribution in [0.3, 0.4) is 0 Å². The van der Waals surface area contributed by atoms with Crippen LogP contribution in [0.15, 0.2) is 29.1 Å². The summed E-state index contributed by atoms with van der Waals surface area (Å²) in [6, 6.07) is 3.67. The first kappa shape index (κ1) is 11.0. The lowest BCUT2D eigenvalue weighted by Crippen LogP contribution is -2.17. The Bertz CT molecular complexity index is 450. The van der Waals surface area contributed by atoms with Crippen LogP contribution in [0.4, 0.5) is 5.82 Å². The minimum atomic E-state index is 0.460. The van der Waals surface area contributed by atoms with Crippen molar-refractivity contribution in [3.8, 4) is 0 Å². The van der Waals surface area contributed by atoms with E-state index in [1.165, 1.54) is 0 Å². The molecule has 2 aromatic rings. The number of rotatable bonds is 3. The summed E-state index contributed by atoms with van der Waals surface area (Å²) in [6.07, 6.45) is 3.37. The highest BCUT2D eigenvalue weighted by Gasteiger charge is 2.06. The van der Waals surface area contributed by atoms with Crippen LogP contribution in [0, 0.1) is 6.92 Å². The minimum absolute atomic E-state index is 0.460. The SMILES string of the molecule is Cc1nc(Cl)cc(N(C)Cc2ccoc2)n1. The van der Waals surface area contributed by atoms with Gasteiger partial charge in [0, 0.05) is 25.2 Å². The van der Waals surface area contributed by atoms with Gasteiger partial charge < -0.3 is 9.32 Å². The van der Waals surface area contributed by atoms with Crippen molar-refractivity contribution < 1.29 is 4.42 Å². The van der Waals surface area contributed by atoms with Crippen molar-refractivity contribution in [2.24, 2.45) is 0 Å². The molecule has 0 saturated carbocycles. The molecule has 0 spiro atoms. The van der Waals surface area contributed by atoms with Crippen molar-refractivity contribution >= 4 is 17.4 Å². The van der Waals surface area contributed by atoms with Crippen molar-refractivity contribution in [3.63, 3.8) is 0 Å². The summed E-state index contributed by atoms with van der Waals surface area (Å²) in [5.74, 6) is 1.47. The van der Waals surface area contributed by atoms with Gasteiger partial charge in [-0.05, 0) is 13.0 Å². The van der Waals surface area contributed by atoms with E-state index in [2.05, 4.69) is 9.97 Å². The molecule has 5 heteroatoms. The van der Waals surface area contributed by atoms with Crippen LogP contribution in [-0.2, 0) is 6.54 Å². The zero-order valence-electron chi connectivity index (χ0n) is 9.14. The molecule has 0 aromatic carbocycles. The number of aromatic nitrogens is 2. The van der Waals surface area contributed by atoms with Gasteiger partial charge >= 0.3 is 0 Å². The molecule has 0 unspecified atom stereocenters. The predicted octanol–water partition coefficient (Wildman–Crippen LogP) is 2.67. The van der Waals surface area contributed by atoms with E-state index in [4.69, 9.17) is 16.0 Å². The fourth-order valence-electron chi connectivity index (χ4n) is 1.45. The van der Waals surface area contributed by atoms with E-state index in [-0.39, 0.29) is 0 Å². The van der Waals surface area contributed by atoms with Gasteiger partial charge in [0.2, 0.25) is 0 Å². The molecule has 0 fully saturated rings. The molecule has 0 aliphatic heterocycles. The van der Waals surface area contributed by atoms with E-state index in [0.29, 0.717) is 11.0 Å². The van der Waals surface area contributed by atoms with Gasteiger partial charge in [0.25, 0.3) is 0 Å². The number of aryl methyl sites for hydroxylation is 1. The van der Waals surface area contributed by atoms with E-state index < -0.39 is 0 Å². The minimum Gasteiger partial charge on any atom is -0.472 e. The number of furan rings is 1. The van der Waals surface area contributed by atoms with E-state index in [1.807, 2.05) is 24.9 Å². The fraction of sp³-hybridized carbons (Fsp3) is 0.273. The van der Waals surface area contributed by atoms with Crippen molar-refractivity contribution in [2.45, 2.75) is 13.5 Å². The van der Waals surface area contributed by atoms with Crippen LogP contribution in [0.5, 0.6) is 0 Å². The van der Waals surface area contributed by atoms with E-state index >= 15 is 0 Å². The smallest absolute Gasteiger partial charge is 0.134 e. The largest absolute Gasteiger partial charge is 0.472 e. The van der Waals surface area contributed by atoms with Crippen molar-refractivity contribution in [1.82, 2.24) is 9.97 Å². The van der Waals surface area contributed by atoms with E-state index in [1.54, 1.807) is 18.6 Å². The number of hydrogen-bond donors (Lipinski definition) is 0. The molecule has 2 rings (SSSR count). The highest BCUT2D eigenvalue weighted by Crippen LogP contribution is 2.16. The normalized spacial score (nSPS) is 10.4. The van der Waals surface area contributed by atoms with Crippen LogP contribution in [-0.4, -0.2) is 17.0 Å². The molecule has 0 radical (unpaired) electrons. The number of nitrogens with zero attached hydrogens (tertiary/aromatic N) is 3. The van der Waals surface area contributed by atoms with Crippen molar-refractivity contribution in [3.05, 3.63) is 41.2 Å². The fourth-order valence-corrected chi connectivity index (χ4v) is 1.67. The average Bonchev–Trinajstić information content (AvgIpc) is 2.68. The third-order valence-electron chi connectivity index (χ3n) is 2.18. The van der Waals surface area contributed by atoms with Gasteiger partial charge in [0.15, 0.2) is 0 Å². The molecule has 0 atom stereocenters. The Morgan fingerprint density at radius 2 is 2.25 bits per heavy atom. The molecule has 0 bridgehead atoms. The molecule has 16 heavy (non-hydrogen) atoms. The Labute approximate surface area is 98.9 Å². The standard InChI is InChI=1S/C11H12ClN3O/c1-8-13-10(12)5-11(14-8)15(2)6-9-3-4-16-7-9/h3-5,7H,6H2,1-2H3. The summed E-state index contributed by atoms with van der Waals surface area (Å²) in [5, 5.41) is 0.460. The Morgan fingerprint density at radius 1 is 1.44 bits per heavy atom. The Balaban J connectivity index is 2.17. The molecule has 0 amide bonds. The van der Waals surface area contributed by atoms with Crippen LogP contribution in [0.2, 0.25) is 5.15 Å². The van der Waals surface area contributed by atoms with Crippen LogP contribution >= 0.6 is 11.6 Å². The summed E-state index contributed by atoms with van der Waals surface area (Å²) in [4.78, 5) is 10.3. The zero-order valence-corrected chi connectivity index (χ0v) is 9.90. The van der Waals surface area contributed by atoms with Crippen molar-refractivity contribution in [2.75, 3.05) is 11.9 Å². The van der Waals surface area contributed by atoms with Gasteiger partial charge in [-0.1, -0.05) is 11.6 Å². The van der Waals surface area contributed by atoms with Crippen LogP contribution in [0.25, 0.3) is 0 Å². The van der Waals surface area contributed by atoms with Gasteiger partial charge in [-0.2, -0.15) is 0 Å². The number of hydrogen-bond acceptors (Lipinski definition) is 4. The maximum Gasteiger partial charge on any atom is 0.134 e. The summed E-state index contributed by atoms with van der Waals surface area (Å²) in [7, 11) is 1.95. The molecule has 2 heterocycles. The van der Waals surface area contributed by atoms with Gasteiger partial charge in [0.1, 0.15) is 16.8 Å². The van der Waals surface area contributed by atoms with Gasteiger partial charge in [-0.3, -0.25) is 0 Å². The quantitative estimate of drug-likeness (QED) is 0.770. The third kappa shape index (κ3) is 2.52. The maximum atomic E-state index is 5.88. The van der Waals surface area contributed by atoms with E-state index in [9.17, 15) is 0 Å². The molecule has 4 nitrogen and oxygen atoms in total. The predicted molar refractivity (Wildman–Crippen MR) is 62.6 cm³/mol. The lowest BCUT2D eigenvalue weighted by molar-refractivity contribution is 0.563. The number of anilines is 1. The van der Waals surface area contributed by atoms with E-state index in [0.717, 1.165) is 17.9 Å². The second-order valence-electron chi connectivity index (χ2n) is 3.58. The van der Waals surface area contributed by atoms with Gasteiger partial charge in [-0.25, -0.2) is 9.97 Å². The molecule has 0 saturated heterocycles. The molecule has 0 N–H and O–H groups in total. The monoisotopic (exact) mass is 237 g/mol. The average molecular weight is 238 g/mol. The summed E-state index contributed by atoms with van der Waals surface area (Å²) in [5.41, 5.74) is 1.09. The molecular formula is C11H12ClN3O. The Kier molecular flexibility index (Phi) is 3.10. The second kappa shape index (κ2) is 4.53. The summed E-state index contributed by atoms with van der Waals surface area (Å²) < 4.78 is 5.01. The van der Waals surface area contributed by atoms with Crippen LogP contribution < -0.4 is 4.90 Å². The van der Waals surface area contributed by atoms with Crippen molar-refractivity contribution in [1.29, 1.82) is 0 Å². The Hall–Kier alpha value is -1.55. The molecule has 0 aliphatic rings. The molecule has 84 valence electrons. The van der Waals surface area contributed by atoms with Gasteiger partial charge in [0.05, 0.1) is 12.5 Å². The van der Waals surface area contributed by atoms with Crippen LogP contribution in [0.1, 0.15) is 11.4 Å². The maximum absolute atomic E-state index is 5.88. The third-order valence-corrected chi connectivity index (χ3v) is 2.38. The first-order chi connectivity index (χ1) is 7.65. The Morgan fingerprint density at radius 3 is 2.88 bits per heavy atom. The summed E-state index contributed by atoms with van der Waals surface area (Å²) in [6.45, 7) is 2.55.